The molecule has 0 aliphatic carbocycles. The van der Waals surface area contributed by atoms with Crippen LogP contribution < -0.4 is 5.32 Å². The van der Waals surface area contributed by atoms with E-state index in [0.29, 0.717) is 5.92 Å². The highest BCUT2D eigenvalue weighted by Crippen LogP contribution is 2.28. The van der Waals surface area contributed by atoms with Crippen molar-refractivity contribution in [2.24, 2.45) is 0 Å². The summed E-state index contributed by atoms with van der Waals surface area (Å²) in [7, 11) is 0. The van der Waals surface area contributed by atoms with Crippen molar-refractivity contribution >= 4 is 33.4 Å². The van der Waals surface area contributed by atoms with E-state index >= 15 is 0 Å². The Labute approximate surface area is 168 Å². The summed E-state index contributed by atoms with van der Waals surface area (Å²) in [4.78, 5) is 9.69. The molecule has 2 N–H and O–H groups in total. The second-order valence-corrected chi connectivity index (χ2v) is 7.26. The van der Waals surface area contributed by atoms with E-state index in [2.05, 4.69) is 46.7 Å². The fourth-order valence-corrected chi connectivity index (χ4v) is 3.66. The molecule has 0 radical (unpaired) electrons. The molecule has 0 amide bonds. The van der Waals surface area contributed by atoms with Gasteiger partial charge in [-0.1, -0.05) is 61.5 Å². The van der Waals surface area contributed by atoms with Crippen LogP contribution in [-0.4, -0.2) is 20.2 Å². The minimum absolute atomic E-state index is 0.330. The standard InChI is InChI=1S/C24H21N5/c1-16(17-9-3-2-4-10-17)15-22-25-20-13-7-5-11-18(20)23(26-22)27-24-19-12-6-8-14-21(19)28-29-24/h2-14,16H,15H2,1H3,(H2,25,26,27,28,29). The van der Waals surface area contributed by atoms with Gasteiger partial charge in [0.2, 0.25) is 0 Å². The largest absolute Gasteiger partial charge is 0.322 e. The highest BCUT2D eigenvalue weighted by molar-refractivity contribution is 5.96. The molecular weight excluding hydrogens is 358 g/mol. The number of aromatic amines is 1. The van der Waals surface area contributed by atoms with Crippen molar-refractivity contribution < 1.29 is 0 Å². The molecule has 2 aromatic heterocycles. The number of aromatic nitrogens is 4. The average molecular weight is 379 g/mol. The highest BCUT2D eigenvalue weighted by atomic mass is 15.2. The fraction of sp³-hybridized carbons (Fsp3) is 0.125. The summed E-state index contributed by atoms with van der Waals surface area (Å²) in [5, 5.41) is 13.0. The van der Waals surface area contributed by atoms with E-state index in [-0.39, 0.29) is 0 Å². The van der Waals surface area contributed by atoms with Gasteiger partial charge in [0.05, 0.1) is 11.0 Å². The Morgan fingerprint density at radius 3 is 2.38 bits per heavy atom. The summed E-state index contributed by atoms with van der Waals surface area (Å²) in [5.74, 6) is 2.70. The molecule has 142 valence electrons. The number of nitrogens with zero attached hydrogens (tertiary/aromatic N) is 3. The Balaban J connectivity index is 1.54. The van der Waals surface area contributed by atoms with Crippen molar-refractivity contribution in [3.63, 3.8) is 0 Å². The van der Waals surface area contributed by atoms with Crippen molar-refractivity contribution in [3.8, 4) is 0 Å². The van der Waals surface area contributed by atoms with E-state index in [0.717, 1.165) is 45.7 Å². The van der Waals surface area contributed by atoms with Crippen molar-refractivity contribution in [3.05, 3.63) is 90.3 Å². The van der Waals surface area contributed by atoms with Gasteiger partial charge in [-0.25, -0.2) is 9.97 Å². The van der Waals surface area contributed by atoms with E-state index in [1.165, 1.54) is 5.56 Å². The Morgan fingerprint density at radius 1 is 0.793 bits per heavy atom. The zero-order chi connectivity index (χ0) is 19.6. The van der Waals surface area contributed by atoms with Gasteiger partial charge in [-0.15, -0.1) is 0 Å². The van der Waals surface area contributed by atoms with Crippen LogP contribution in [0, 0.1) is 0 Å². The van der Waals surface area contributed by atoms with Crippen LogP contribution >= 0.6 is 0 Å². The first kappa shape index (κ1) is 17.4. The molecule has 3 aromatic carbocycles. The van der Waals surface area contributed by atoms with Gasteiger partial charge in [-0.3, -0.25) is 5.10 Å². The minimum atomic E-state index is 0.330. The predicted molar refractivity (Wildman–Crippen MR) is 117 cm³/mol. The molecule has 5 nitrogen and oxygen atoms in total. The minimum Gasteiger partial charge on any atom is -0.322 e. The SMILES string of the molecule is CC(Cc1nc(Nc2n[nH]c3ccccc23)c2ccccc2n1)c1ccccc1. The number of benzene rings is 3. The second kappa shape index (κ2) is 7.36. The van der Waals surface area contributed by atoms with E-state index in [4.69, 9.17) is 9.97 Å². The maximum Gasteiger partial charge on any atom is 0.161 e. The molecular formula is C24H21N5. The third-order valence-electron chi connectivity index (χ3n) is 5.21. The van der Waals surface area contributed by atoms with Gasteiger partial charge in [0.15, 0.2) is 5.82 Å². The van der Waals surface area contributed by atoms with Crippen LogP contribution in [-0.2, 0) is 6.42 Å². The summed E-state index contributed by atoms with van der Waals surface area (Å²) >= 11 is 0. The number of fused-ring (bicyclic) bond motifs is 2. The van der Waals surface area contributed by atoms with Gasteiger partial charge >= 0.3 is 0 Å². The average Bonchev–Trinajstić information content (AvgIpc) is 3.17. The first-order chi connectivity index (χ1) is 14.3. The number of nitrogens with one attached hydrogen (secondary N) is 2. The molecule has 5 heteroatoms. The van der Waals surface area contributed by atoms with Crippen LogP contribution in [0.15, 0.2) is 78.9 Å². The van der Waals surface area contributed by atoms with E-state index in [1.807, 2.05) is 54.6 Å². The third kappa shape index (κ3) is 3.43. The maximum absolute atomic E-state index is 4.87. The maximum atomic E-state index is 4.87. The van der Waals surface area contributed by atoms with Gasteiger partial charge in [0.25, 0.3) is 0 Å². The van der Waals surface area contributed by atoms with Crippen LogP contribution in [0.4, 0.5) is 11.6 Å². The predicted octanol–water partition coefficient (Wildman–Crippen LogP) is 5.60. The highest BCUT2D eigenvalue weighted by Gasteiger charge is 2.14. The zero-order valence-corrected chi connectivity index (χ0v) is 16.1. The lowest BCUT2D eigenvalue weighted by atomic mass is 9.97. The number of anilines is 2. The fourth-order valence-electron chi connectivity index (χ4n) is 3.66. The number of para-hydroxylation sites is 2. The Morgan fingerprint density at radius 2 is 1.52 bits per heavy atom. The van der Waals surface area contributed by atoms with Crippen LogP contribution in [0.5, 0.6) is 0 Å². The van der Waals surface area contributed by atoms with Crippen LogP contribution in [0.25, 0.3) is 21.8 Å². The normalized spacial score (nSPS) is 12.3. The lowest BCUT2D eigenvalue weighted by molar-refractivity contribution is 0.722. The molecule has 0 saturated heterocycles. The third-order valence-corrected chi connectivity index (χ3v) is 5.21. The summed E-state index contributed by atoms with van der Waals surface area (Å²) < 4.78 is 0. The molecule has 2 heterocycles. The van der Waals surface area contributed by atoms with Crippen molar-refractivity contribution in [2.45, 2.75) is 19.3 Å². The first-order valence-electron chi connectivity index (χ1n) is 9.78. The van der Waals surface area contributed by atoms with Gasteiger partial charge in [-0.2, -0.15) is 5.10 Å². The summed E-state index contributed by atoms with van der Waals surface area (Å²) in [6, 6.07) is 26.6. The topological polar surface area (TPSA) is 66.5 Å². The number of H-pyrrole nitrogens is 1. The van der Waals surface area contributed by atoms with Crippen molar-refractivity contribution in [1.29, 1.82) is 0 Å². The lowest BCUT2D eigenvalue weighted by Crippen LogP contribution is -2.06. The quantitative estimate of drug-likeness (QED) is 0.417. The monoisotopic (exact) mass is 379 g/mol. The molecule has 5 rings (SSSR count). The Hall–Kier alpha value is -3.73. The summed E-state index contributed by atoms with van der Waals surface area (Å²) in [6.07, 6.45) is 0.769. The zero-order valence-electron chi connectivity index (χ0n) is 16.1. The molecule has 1 atom stereocenters. The smallest absolute Gasteiger partial charge is 0.161 e. The van der Waals surface area contributed by atoms with E-state index in [1.54, 1.807) is 0 Å². The van der Waals surface area contributed by atoms with E-state index in [9.17, 15) is 0 Å². The molecule has 0 spiro atoms. The molecule has 0 aliphatic heterocycles. The van der Waals surface area contributed by atoms with Gasteiger partial charge in [0.1, 0.15) is 11.6 Å². The van der Waals surface area contributed by atoms with Crippen LogP contribution in [0.1, 0.15) is 24.2 Å². The second-order valence-electron chi connectivity index (χ2n) is 7.26. The van der Waals surface area contributed by atoms with Crippen molar-refractivity contribution in [1.82, 2.24) is 20.2 Å². The Bertz CT molecular complexity index is 1280. The number of rotatable bonds is 5. The Kier molecular flexibility index (Phi) is 4.41. The molecule has 1 unspecified atom stereocenters. The molecule has 0 aliphatic rings. The molecule has 0 saturated carbocycles. The van der Waals surface area contributed by atoms with E-state index < -0.39 is 0 Å². The summed E-state index contributed by atoms with van der Waals surface area (Å²) in [5.41, 5.74) is 3.21. The lowest BCUT2D eigenvalue weighted by Gasteiger charge is -2.13. The number of hydrogen-bond acceptors (Lipinski definition) is 4. The van der Waals surface area contributed by atoms with Crippen LogP contribution in [0.2, 0.25) is 0 Å². The molecule has 5 aromatic rings. The number of hydrogen-bond donors (Lipinski definition) is 2. The van der Waals surface area contributed by atoms with Crippen LogP contribution in [0.3, 0.4) is 0 Å². The molecule has 29 heavy (non-hydrogen) atoms. The molecule has 0 bridgehead atoms. The summed E-state index contributed by atoms with van der Waals surface area (Å²) in [6.45, 7) is 2.21. The van der Waals surface area contributed by atoms with Gasteiger partial charge < -0.3 is 5.32 Å². The van der Waals surface area contributed by atoms with Crippen molar-refractivity contribution in [2.75, 3.05) is 5.32 Å². The molecule has 0 fully saturated rings. The van der Waals surface area contributed by atoms with Gasteiger partial charge in [-0.05, 0) is 35.7 Å². The van der Waals surface area contributed by atoms with Gasteiger partial charge in [0, 0.05) is 17.2 Å². The first-order valence-corrected chi connectivity index (χ1v) is 9.78.